The van der Waals surface area contributed by atoms with Crippen molar-refractivity contribution < 1.29 is 4.79 Å². The number of ketones is 1. The van der Waals surface area contributed by atoms with Crippen LogP contribution >= 0.6 is 0 Å². The van der Waals surface area contributed by atoms with E-state index in [1.165, 1.54) is 19.3 Å². The summed E-state index contributed by atoms with van der Waals surface area (Å²) in [5.74, 6) is 2.28. The monoisotopic (exact) mass is 284 g/mol. The third-order valence-corrected chi connectivity index (χ3v) is 5.03. The van der Waals surface area contributed by atoms with Gasteiger partial charge in [-0.1, -0.05) is 38.3 Å². The van der Waals surface area contributed by atoms with Crippen molar-refractivity contribution >= 4 is 16.8 Å². The van der Waals surface area contributed by atoms with Crippen LogP contribution in [-0.4, -0.2) is 15.3 Å². The number of aromatic nitrogens is 2. The number of hydrogen-bond donors (Lipinski definition) is 0. The molecule has 1 fully saturated rings. The predicted molar refractivity (Wildman–Crippen MR) is 85.2 cm³/mol. The predicted octanol–water partition coefficient (Wildman–Crippen LogP) is 3.90. The molecular formula is C18H24N2O. The topological polar surface area (TPSA) is 34.9 Å². The van der Waals surface area contributed by atoms with Crippen LogP contribution < -0.4 is 0 Å². The first kappa shape index (κ1) is 14.3. The van der Waals surface area contributed by atoms with Gasteiger partial charge in [0, 0.05) is 13.0 Å². The second kappa shape index (κ2) is 6.00. The Labute approximate surface area is 126 Å². The highest BCUT2D eigenvalue weighted by Crippen LogP contribution is 2.32. The van der Waals surface area contributed by atoms with Crippen molar-refractivity contribution in [1.82, 2.24) is 9.55 Å². The van der Waals surface area contributed by atoms with E-state index < -0.39 is 0 Å². The third-order valence-electron chi connectivity index (χ3n) is 5.03. The second-order valence-electron chi connectivity index (χ2n) is 6.36. The zero-order chi connectivity index (χ0) is 14.8. The number of benzene rings is 1. The number of para-hydroxylation sites is 2. The highest BCUT2D eigenvalue weighted by atomic mass is 16.1. The Hall–Kier alpha value is -1.64. The molecule has 0 spiro atoms. The fraction of sp³-hybridized carbons (Fsp3) is 0.556. The number of aryl methyl sites for hydroxylation is 1. The van der Waals surface area contributed by atoms with Crippen molar-refractivity contribution in [3.63, 3.8) is 0 Å². The summed E-state index contributed by atoms with van der Waals surface area (Å²) in [6, 6.07) is 8.08. The van der Waals surface area contributed by atoms with Crippen LogP contribution in [0.15, 0.2) is 24.3 Å². The Balaban J connectivity index is 1.75. The van der Waals surface area contributed by atoms with Crippen LogP contribution in [0.2, 0.25) is 0 Å². The van der Waals surface area contributed by atoms with Gasteiger partial charge in [-0.25, -0.2) is 4.98 Å². The summed E-state index contributed by atoms with van der Waals surface area (Å²) in [5, 5.41) is 0. The van der Waals surface area contributed by atoms with Crippen LogP contribution in [0.3, 0.4) is 0 Å². The summed E-state index contributed by atoms with van der Waals surface area (Å²) in [6.45, 7) is 2.24. The number of nitrogens with zero attached hydrogens (tertiary/aromatic N) is 2. The number of carbonyl (C=O) groups excluding carboxylic acids is 1. The van der Waals surface area contributed by atoms with E-state index in [1.54, 1.807) is 0 Å². The SMILES string of the molecule is CCC1CCCC(C(=O)Cc2nc3ccccc3n2C)C1. The number of fused-ring (bicyclic) bond motifs is 1. The molecule has 3 nitrogen and oxygen atoms in total. The smallest absolute Gasteiger partial charge is 0.143 e. The maximum absolute atomic E-state index is 12.6. The van der Waals surface area contributed by atoms with Crippen LogP contribution in [0.4, 0.5) is 0 Å². The lowest BCUT2D eigenvalue weighted by Crippen LogP contribution is -2.25. The minimum Gasteiger partial charge on any atom is -0.331 e. The summed E-state index contributed by atoms with van der Waals surface area (Å²) >= 11 is 0. The summed E-state index contributed by atoms with van der Waals surface area (Å²) < 4.78 is 2.06. The summed E-state index contributed by atoms with van der Waals surface area (Å²) in [6.07, 6.45) is 6.34. The van der Waals surface area contributed by atoms with E-state index in [2.05, 4.69) is 22.5 Å². The van der Waals surface area contributed by atoms with Gasteiger partial charge in [-0.3, -0.25) is 4.79 Å². The zero-order valence-electron chi connectivity index (χ0n) is 13.0. The molecule has 112 valence electrons. The molecule has 3 rings (SSSR count). The zero-order valence-corrected chi connectivity index (χ0v) is 13.0. The molecule has 0 aliphatic heterocycles. The first-order chi connectivity index (χ1) is 10.2. The second-order valence-corrected chi connectivity index (χ2v) is 6.36. The Morgan fingerprint density at radius 3 is 2.90 bits per heavy atom. The molecule has 0 amide bonds. The Kier molecular flexibility index (Phi) is 4.09. The van der Waals surface area contributed by atoms with Crippen LogP contribution in [0.1, 0.15) is 44.9 Å². The number of hydrogen-bond acceptors (Lipinski definition) is 2. The van der Waals surface area contributed by atoms with Crippen molar-refractivity contribution in [2.24, 2.45) is 18.9 Å². The van der Waals surface area contributed by atoms with Gasteiger partial charge in [-0.2, -0.15) is 0 Å². The molecule has 2 aromatic rings. The van der Waals surface area contributed by atoms with Gasteiger partial charge in [0.15, 0.2) is 0 Å². The summed E-state index contributed by atoms with van der Waals surface area (Å²) in [5.41, 5.74) is 2.09. The van der Waals surface area contributed by atoms with Gasteiger partial charge < -0.3 is 4.57 Å². The number of rotatable bonds is 4. The quantitative estimate of drug-likeness (QED) is 0.853. The van der Waals surface area contributed by atoms with Crippen molar-refractivity contribution in [2.75, 3.05) is 0 Å². The fourth-order valence-electron chi connectivity index (χ4n) is 3.61. The van der Waals surface area contributed by atoms with Crippen molar-refractivity contribution in [2.45, 2.75) is 45.4 Å². The standard InChI is InChI=1S/C18H24N2O/c1-3-13-7-6-8-14(11-13)17(21)12-18-19-15-9-4-5-10-16(15)20(18)2/h4-5,9-10,13-14H,3,6-8,11-12H2,1-2H3. The molecule has 1 heterocycles. The molecular weight excluding hydrogens is 260 g/mol. The molecule has 21 heavy (non-hydrogen) atoms. The number of imidazole rings is 1. The highest BCUT2D eigenvalue weighted by molar-refractivity contribution is 5.84. The first-order valence-corrected chi connectivity index (χ1v) is 8.12. The molecule has 1 aliphatic carbocycles. The van der Waals surface area contributed by atoms with Gasteiger partial charge in [0.05, 0.1) is 17.5 Å². The van der Waals surface area contributed by atoms with Crippen LogP contribution in [0, 0.1) is 11.8 Å². The number of Topliss-reactive ketones (excluding diaryl/α,β-unsaturated/α-hetero) is 1. The third kappa shape index (κ3) is 2.87. The van der Waals surface area contributed by atoms with Gasteiger partial charge in [0.2, 0.25) is 0 Å². The largest absolute Gasteiger partial charge is 0.331 e. The van der Waals surface area contributed by atoms with Gasteiger partial charge in [-0.05, 0) is 30.9 Å². The van der Waals surface area contributed by atoms with E-state index in [0.29, 0.717) is 12.2 Å². The molecule has 1 aromatic carbocycles. The lowest BCUT2D eigenvalue weighted by Gasteiger charge is -2.27. The first-order valence-electron chi connectivity index (χ1n) is 8.12. The molecule has 2 atom stereocenters. The maximum Gasteiger partial charge on any atom is 0.143 e. The summed E-state index contributed by atoms with van der Waals surface area (Å²) in [7, 11) is 2.01. The number of carbonyl (C=O) groups is 1. The van der Waals surface area contributed by atoms with E-state index in [1.807, 2.05) is 25.2 Å². The molecule has 1 aromatic heterocycles. The van der Waals surface area contributed by atoms with E-state index in [-0.39, 0.29) is 5.92 Å². The summed E-state index contributed by atoms with van der Waals surface area (Å²) in [4.78, 5) is 17.2. The molecule has 1 aliphatic rings. The Morgan fingerprint density at radius 2 is 2.14 bits per heavy atom. The van der Waals surface area contributed by atoms with Crippen molar-refractivity contribution in [3.8, 4) is 0 Å². The van der Waals surface area contributed by atoms with Crippen LogP contribution in [0.5, 0.6) is 0 Å². The average Bonchev–Trinajstić information content (AvgIpc) is 2.84. The fourth-order valence-corrected chi connectivity index (χ4v) is 3.61. The normalized spacial score (nSPS) is 22.6. The molecule has 0 N–H and O–H groups in total. The van der Waals surface area contributed by atoms with E-state index in [4.69, 9.17) is 0 Å². The molecule has 0 bridgehead atoms. The van der Waals surface area contributed by atoms with Gasteiger partial charge >= 0.3 is 0 Å². The van der Waals surface area contributed by atoms with E-state index >= 15 is 0 Å². The molecule has 0 saturated heterocycles. The highest BCUT2D eigenvalue weighted by Gasteiger charge is 2.27. The molecule has 2 unspecified atom stereocenters. The van der Waals surface area contributed by atoms with Crippen molar-refractivity contribution in [1.29, 1.82) is 0 Å². The molecule has 1 saturated carbocycles. The molecule has 3 heteroatoms. The minimum atomic E-state index is 0.253. The minimum absolute atomic E-state index is 0.253. The van der Waals surface area contributed by atoms with Crippen LogP contribution in [0.25, 0.3) is 11.0 Å². The van der Waals surface area contributed by atoms with Gasteiger partial charge in [0.25, 0.3) is 0 Å². The average molecular weight is 284 g/mol. The van der Waals surface area contributed by atoms with E-state index in [9.17, 15) is 4.79 Å². The van der Waals surface area contributed by atoms with Crippen molar-refractivity contribution in [3.05, 3.63) is 30.1 Å². The lowest BCUT2D eigenvalue weighted by molar-refractivity contribution is -0.123. The van der Waals surface area contributed by atoms with Gasteiger partial charge in [-0.15, -0.1) is 0 Å². The Morgan fingerprint density at radius 1 is 1.33 bits per heavy atom. The van der Waals surface area contributed by atoms with Gasteiger partial charge in [0.1, 0.15) is 11.6 Å². The lowest BCUT2D eigenvalue weighted by atomic mass is 9.78. The molecule has 0 radical (unpaired) electrons. The van der Waals surface area contributed by atoms with E-state index in [0.717, 1.165) is 35.6 Å². The Bertz CT molecular complexity index is 644. The maximum atomic E-state index is 12.6. The van der Waals surface area contributed by atoms with Crippen LogP contribution in [-0.2, 0) is 18.3 Å².